The van der Waals surface area contributed by atoms with Gasteiger partial charge in [0.15, 0.2) is 0 Å². The van der Waals surface area contributed by atoms with E-state index in [0.717, 1.165) is 35.1 Å². The summed E-state index contributed by atoms with van der Waals surface area (Å²) >= 11 is 0. The highest BCUT2D eigenvalue weighted by Crippen LogP contribution is 2.30. The van der Waals surface area contributed by atoms with Crippen molar-refractivity contribution in [3.05, 3.63) is 48.8 Å². The van der Waals surface area contributed by atoms with Crippen LogP contribution in [0.25, 0.3) is 33.9 Å². The van der Waals surface area contributed by atoms with Crippen molar-refractivity contribution < 1.29 is 9.26 Å². The van der Waals surface area contributed by atoms with Crippen molar-refractivity contribution in [2.75, 3.05) is 7.11 Å². The first-order chi connectivity index (χ1) is 12.3. The van der Waals surface area contributed by atoms with Gasteiger partial charge in [0.2, 0.25) is 5.82 Å². The Labute approximate surface area is 145 Å². The molecule has 0 aliphatic rings. The van der Waals surface area contributed by atoms with Crippen molar-refractivity contribution in [1.82, 2.24) is 19.7 Å². The van der Waals surface area contributed by atoms with E-state index in [4.69, 9.17) is 9.26 Å². The number of aromatic nitrogens is 4. The molecule has 6 heteroatoms. The summed E-state index contributed by atoms with van der Waals surface area (Å²) in [6.07, 6.45) is 2.92. The third kappa shape index (κ3) is 2.76. The lowest BCUT2D eigenvalue weighted by Gasteiger charge is -2.03. The maximum absolute atomic E-state index is 5.46. The van der Waals surface area contributed by atoms with Gasteiger partial charge in [0.05, 0.1) is 30.0 Å². The molecular formula is C19H18N4O2. The molecule has 126 valence electrons. The Morgan fingerprint density at radius 1 is 1.16 bits per heavy atom. The Kier molecular flexibility index (Phi) is 3.93. The number of methoxy groups -OCH3 is 1. The lowest BCUT2D eigenvalue weighted by atomic mass is 10.2. The Balaban J connectivity index is 1.74. The highest BCUT2D eigenvalue weighted by molar-refractivity contribution is 5.81. The molecule has 0 radical (unpaired) electrons. The fourth-order valence-electron chi connectivity index (χ4n) is 2.89. The predicted octanol–water partition coefficient (Wildman–Crippen LogP) is 4.17. The normalized spacial score (nSPS) is 11.1. The fraction of sp³-hybridized carbons (Fsp3) is 0.211. The van der Waals surface area contributed by atoms with Crippen molar-refractivity contribution in [3.63, 3.8) is 0 Å². The first-order valence-electron chi connectivity index (χ1n) is 8.22. The van der Waals surface area contributed by atoms with E-state index < -0.39 is 0 Å². The van der Waals surface area contributed by atoms with E-state index in [1.165, 1.54) is 0 Å². The molecule has 2 heterocycles. The minimum absolute atomic E-state index is 0.439. The average Bonchev–Trinajstić information content (AvgIpc) is 3.29. The van der Waals surface area contributed by atoms with E-state index in [1.54, 1.807) is 7.11 Å². The third-order valence-corrected chi connectivity index (χ3v) is 4.11. The number of aryl methyl sites for hydroxylation is 1. The minimum atomic E-state index is 0.439. The molecule has 4 aromatic rings. The molecule has 2 aromatic heterocycles. The van der Waals surface area contributed by atoms with E-state index in [1.807, 2.05) is 42.7 Å². The SMILES string of the molecule is CCCn1cnc2ccc(-c3noc(-c4ccccc4OC)n3)cc21. The van der Waals surface area contributed by atoms with Gasteiger partial charge in [0, 0.05) is 12.1 Å². The standard InChI is InChI=1S/C19H18N4O2/c1-3-10-23-12-20-15-9-8-13(11-16(15)23)18-21-19(25-22-18)14-6-4-5-7-17(14)24-2/h4-9,11-12H,3,10H2,1-2H3. The quantitative estimate of drug-likeness (QED) is 0.548. The first-order valence-corrected chi connectivity index (χ1v) is 8.22. The molecule has 0 N–H and O–H groups in total. The van der Waals surface area contributed by atoms with Crippen molar-refractivity contribution in [2.45, 2.75) is 19.9 Å². The number of para-hydroxylation sites is 1. The van der Waals surface area contributed by atoms with Crippen LogP contribution in [0.15, 0.2) is 53.3 Å². The van der Waals surface area contributed by atoms with Crippen LogP contribution in [-0.2, 0) is 6.54 Å². The number of ether oxygens (including phenoxy) is 1. The molecule has 6 nitrogen and oxygen atoms in total. The summed E-state index contributed by atoms with van der Waals surface area (Å²) in [4.78, 5) is 8.97. The van der Waals surface area contributed by atoms with Crippen LogP contribution in [0.1, 0.15) is 13.3 Å². The Hall–Kier alpha value is -3.15. The highest BCUT2D eigenvalue weighted by Gasteiger charge is 2.15. The van der Waals surface area contributed by atoms with Crippen LogP contribution in [-0.4, -0.2) is 26.8 Å². The van der Waals surface area contributed by atoms with Gasteiger partial charge in [-0.05, 0) is 36.8 Å². The largest absolute Gasteiger partial charge is 0.496 e. The topological polar surface area (TPSA) is 66.0 Å². The molecule has 0 atom stereocenters. The van der Waals surface area contributed by atoms with E-state index in [0.29, 0.717) is 17.5 Å². The van der Waals surface area contributed by atoms with Crippen LogP contribution in [0.3, 0.4) is 0 Å². The van der Waals surface area contributed by atoms with Gasteiger partial charge in [-0.1, -0.05) is 24.2 Å². The molecule has 0 bridgehead atoms. The second kappa shape index (κ2) is 6.39. The van der Waals surface area contributed by atoms with Crippen LogP contribution >= 0.6 is 0 Å². The zero-order valence-electron chi connectivity index (χ0n) is 14.1. The molecular weight excluding hydrogens is 316 g/mol. The van der Waals surface area contributed by atoms with E-state index in [9.17, 15) is 0 Å². The van der Waals surface area contributed by atoms with Crippen molar-refractivity contribution in [2.24, 2.45) is 0 Å². The van der Waals surface area contributed by atoms with Gasteiger partial charge in [0.25, 0.3) is 5.89 Å². The summed E-state index contributed by atoms with van der Waals surface area (Å²) in [5, 5.41) is 4.13. The zero-order valence-corrected chi connectivity index (χ0v) is 14.1. The number of fused-ring (bicyclic) bond motifs is 1. The van der Waals surface area contributed by atoms with Gasteiger partial charge >= 0.3 is 0 Å². The number of imidazole rings is 1. The van der Waals surface area contributed by atoms with Gasteiger partial charge in [-0.25, -0.2) is 4.98 Å². The van der Waals surface area contributed by atoms with Crippen LogP contribution < -0.4 is 4.74 Å². The molecule has 4 rings (SSSR count). The molecule has 2 aromatic carbocycles. The molecule has 0 unspecified atom stereocenters. The van der Waals surface area contributed by atoms with Crippen LogP contribution in [0.4, 0.5) is 0 Å². The number of hydrogen-bond acceptors (Lipinski definition) is 5. The average molecular weight is 334 g/mol. The number of nitrogens with zero attached hydrogens (tertiary/aromatic N) is 4. The summed E-state index contributed by atoms with van der Waals surface area (Å²) in [6.45, 7) is 3.08. The van der Waals surface area contributed by atoms with E-state index >= 15 is 0 Å². The summed E-state index contributed by atoms with van der Waals surface area (Å²) in [5.41, 5.74) is 3.71. The van der Waals surface area contributed by atoms with Crippen LogP contribution in [0.2, 0.25) is 0 Å². The Bertz CT molecular complexity index is 1020. The molecule has 0 saturated heterocycles. The molecule has 0 saturated carbocycles. The lowest BCUT2D eigenvalue weighted by molar-refractivity contribution is 0.405. The van der Waals surface area contributed by atoms with Gasteiger partial charge < -0.3 is 13.8 Å². The summed E-state index contributed by atoms with van der Waals surface area (Å²) in [5.74, 6) is 1.69. The number of rotatable bonds is 5. The molecule has 25 heavy (non-hydrogen) atoms. The maximum Gasteiger partial charge on any atom is 0.262 e. The summed E-state index contributed by atoms with van der Waals surface area (Å²) in [6, 6.07) is 13.6. The lowest BCUT2D eigenvalue weighted by Crippen LogP contribution is -1.94. The third-order valence-electron chi connectivity index (χ3n) is 4.11. The van der Waals surface area contributed by atoms with Crippen LogP contribution in [0, 0.1) is 0 Å². The van der Waals surface area contributed by atoms with E-state index in [-0.39, 0.29) is 0 Å². The summed E-state index contributed by atoms with van der Waals surface area (Å²) < 4.78 is 13.0. The van der Waals surface area contributed by atoms with Crippen molar-refractivity contribution in [1.29, 1.82) is 0 Å². The molecule has 0 spiro atoms. The van der Waals surface area contributed by atoms with Gasteiger partial charge in [-0.2, -0.15) is 4.98 Å². The number of benzene rings is 2. The van der Waals surface area contributed by atoms with Crippen molar-refractivity contribution >= 4 is 11.0 Å². The molecule has 0 aliphatic heterocycles. The number of hydrogen-bond donors (Lipinski definition) is 0. The van der Waals surface area contributed by atoms with Gasteiger partial charge in [-0.15, -0.1) is 0 Å². The van der Waals surface area contributed by atoms with Crippen LogP contribution in [0.5, 0.6) is 5.75 Å². The minimum Gasteiger partial charge on any atom is -0.496 e. The Morgan fingerprint density at radius 3 is 2.88 bits per heavy atom. The fourth-order valence-corrected chi connectivity index (χ4v) is 2.89. The highest BCUT2D eigenvalue weighted by atomic mass is 16.5. The molecule has 0 aliphatic carbocycles. The van der Waals surface area contributed by atoms with Gasteiger partial charge in [0.1, 0.15) is 5.75 Å². The summed E-state index contributed by atoms with van der Waals surface area (Å²) in [7, 11) is 1.62. The second-order valence-electron chi connectivity index (χ2n) is 5.76. The first kappa shape index (κ1) is 15.4. The second-order valence-corrected chi connectivity index (χ2v) is 5.76. The maximum atomic E-state index is 5.46. The monoisotopic (exact) mass is 334 g/mol. The Morgan fingerprint density at radius 2 is 2.04 bits per heavy atom. The van der Waals surface area contributed by atoms with E-state index in [2.05, 4.69) is 32.7 Å². The smallest absolute Gasteiger partial charge is 0.262 e. The molecule has 0 fully saturated rings. The van der Waals surface area contributed by atoms with Crippen molar-refractivity contribution in [3.8, 4) is 28.6 Å². The van der Waals surface area contributed by atoms with Gasteiger partial charge in [-0.3, -0.25) is 0 Å². The zero-order chi connectivity index (χ0) is 17.2. The predicted molar refractivity (Wildman–Crippen MR) is 95.3 cm³/mol. The molecule has 0 amide bonds.